The van der Waals surface area contributed by atoms with Crippen LogP contribution in [0.15, 0.2) is 36.5 Å². The normalized spacial score (nSPS) is 11.6. The van der Waals surface area contributed by atoms with Gasteiger partial charge in [-0.15, -0.1) is 0 Å². The minimum atomic E-state index is -0.781. The maximum Gasteiger partial charge on any atom is 0.306 e. The van der Waals surface area contributed by atoms with Crippen LogP contribution in [0.25, 0.3) is 0 Å². The molecular weight excluding hydrogens is 845 g/mol. The Morgan fingerprint density at radius 3 is 0.794 bits per heavy atom. The molecular formula is C61H114O7. The summed E-state index contributed by atoms with van der Waals surface area (Å²) < 4.78 is 21.7. The van der Waals surface area contributed by atoms with Gasteiger partial charge in [-0.05, 0) is 110 Å². The van der Waals surface area contributed by atoms with Crippen LogP contribution in [0, 0.1) is 0 Å². The number of hydrogen-bond acceptors (Lipinski definition) is 7. The van der Waals surface area contributed by atoms with Gasteiger partial charge in [0.05, 0.1) is 0 Å². The lowest BCUT2D eigenvalue weighted by molar-refractivity contribution is -0.167. The Morgan fingerprint density at radius 2 is 0.544 bits per heavy atom. The Morgan fingerprint density at radius 1 is 0.309 bits per heavy atom. The van der Waals surface area contributed by atoms with Gasteiger partial charge in [0.1, 0.15) is 13.2 Å². The number of allylic oxidation sites excluding steroid dienone is 6. The van der Waals surface area contributed by atoms with Crippen molar-refractivity contribution in [3.8, 4) is 0 Å². The molecule has 7 nitrogen and oxygen atoms in total. The van der Waals surface area contributed by atoms with Gasteiger partial charge in [0.2, 0.25) is 0 Å². The third kappa shape index (κ3) is 59.7. The van der Waals surface area contributed by atoms with E-state index in [9.17, 15) is 14.4 Å². The second-order valence-corrected chi connectivity index (χ2v) is 19.3. The molecule has 0 aliphatic rings. The molecule has 0 aliphatic carbocycles. The van der Waals surface area contributed by atoms with E-state index >= 15 is 0 Å². The quantitative estimate of drug-likeness (QED) is 0.0260. The Kier molecular flexibility index (Phi) is 60.4. The highest BCUT2D eigenvalue weighted by molar-refractivity contribution is 5.71. The van der Waals surface area contributed by atoms with Crippen LogP contribution in [0.4, 0.5) is 0 Å². The lowest BCUT2D eigenvalue weighted by atomic mass is 10.1. The van der Waals surface area contributed by atoms with E-state index in [0.29, 0.717) is 19.3 Å². The molecule has 0 aliphatic heterocycles. The summed E-state index contributed by atoms with van der Waals surface area (Å²) in [6.07, 6.45) is 61.2. The second-order valence-electron chi connectivity index (χ2n) is 19.3. The molecule has 0 bridgehead atoms. The highest BCUT2D eigenvalue weighted by atomic mass is 16.6. The first kappa shape index (κ1) is 67.7. The number of hydrogen-bond donors (Lipinski definition) is 0. The molecule has 0 amide bonds. The molecule has 0 spiro atoms. The first-order chi connectivity index (χ1) is 33.4. The van der Waals surface area contributed by atoms with Crippen molar-refractivity contribution in [1.29, 1.82) is 0 Å². The van der Waals surface area contributed by atoms with Crippen molar-refractivity contribution < 1.29 is 33.3 Å². The van der Waals surface area contributed by atoms with Gasteiger partial charge in [-0.1, -0.05) is 211 Å². The smallest absolute Gasteiger partial charge is 0.306 e. The lowest BCUT2D eigenvalue weighted by Gasteiger charge is -2.18. The van der Waals surface area contributed by atoms with Crippen LogP contribution in [-0.4, -0.2) is 50.4 Å². The summed E-state index contributed by atoms with van der Waals surface area (Å²) in [5, 5.41) is 0. The maximum absolute atomic E-state index is 12.8. The van der Waals surface area contributed by atoms with E-state index in [0.717, 1.165) is 90.3 Å². The van der Waals surface area contributed by atoms with Crippen LogP contribution >= 0.6 is 0 Å². The molecule has 0 aromatic heterocycles. The van der Waals surface area contributed by atoms with Crippen molar-refractivity contribution in [2.24, 2.45) is 0 Å². The number of esters is 3. The summed E-state index contributed by atoms with van der Waals surface area (Å²) >= 11 is 0. The fourth-order valence-corrected chi connectivity index (χ4v) is 8.10. The standard InChI is InChI=1S/C57H104O6.C4H10O/c1-4-7-10-13-16-19-22-25-28-31-34-37-40-43-46-49-55(58)61-52-54(63-57(60)51-48-45-42-39-36-33-30-27-24-21-18-15-12-9-6-3)53-62-56(59)50-47-44-41-38-35-32-29-26-23-20-17-14-11-8-5-2;1-3-5-4-2/h25-30,54H,4-24,31-53H2,1-3H3;3-4H2,1-2H3/b28-25+,29-26+,30-27+;. The molecule has 0 radical (unpaired) electrons. The van der Waals surface area contributed by atoms with E-state index in [-0.39, 0.29) is 31.1 Å². The predicted molar refractivity (Wildman–Crippen MR) is 292 cm³/mol. The lowest BCUT2D eigenvalue weighted by Crippen LogP contribution is -2.30. The highest BCUT2D eigenvalue weighted by Gasteiger charge is 2.19. The minimum Gasteiger partial charge on any atom is -0.462 e. The number of unbranched alkanes of at least 4 members (excludes halogenated alkanes) is 33. The highest BCUT2D eigenvalue weighted by Crippen LogP contribution is 2.15. The Bertz CT molecular complexity index is 1060. The van der Waals surface area contributed by atoms with Crippen LogP contribution in [0.1, 0.15) is 304 Å². The van der Waals surface area contributed by atoms with Crippen molar-refractivity contribution >= 4 is 17.9 Å². The van der Waals surface area contributed by atoms with Crippen molar-refractivity contribution in [2.75, 3.05) is 26.4 Å². The molecule has 0 atom stereocenters. The van der Waals surface area contributed by atoms with Gasteiger partial charge in [-0.25, -0.2) is 0 Å². The van der Waals surface area contributed by atoms with E-state index in [2.05, 4.69) is 57.2 Å². The van der Waals surface area contributed by atoms with Crippen molar-refractivity contribution in [3.63, 3.8) is 0 Å². The second kappa shape index (κ2) is 60.7. The Hall–Kier alpha value is -2.41. The van der Waals surface area contributed by atoms with Gasteiger partial charge in [0.25, 0.3) is 0 Å². The maximum atomic E-state index is 12.8. The van der Waals surface area contributed by atoms with Crippen LogP contribution < -0.4 is 0 Å². The Balaban J connectivity index is 0. The SMILES string of the molecule is CCCCCCCC/C=C/CCCCCCCC(=O)OCC(COC(=O)CCCCCCC/C=C/CCCCCCCC)OC(=O)CCCCCCC/C=C/CCCCCCCC.CCOCC. The largest absolute Gasteiger partial charge is 0.462 e. The fourth-order valence-electron chi connectivity index (χ4n) is 8.10. The zero-order valence-corrected chi connectivity index (χ0v) is 45.9. The third-order valence-corrected chi connectivity index (χ3v) is 12.5. The van der Waals surface area contributed by atoms with Crippen LogP contribution in [0.2, 0.25) is 0 Å². The molecule has 400 valence electrons. The van der Waals surface area contributed by atoms with Gasteiger partial charge in [-0.3, -0.25) is 14.4 Å². The summed E-state index contributed by atoms with van der Waals surface area (Å²) in [4.78, 5) is 38.0. The fraction of sp³-hybridized carbons (Fsp3) is 0.852. The van der Waals surface area contributed by atoms with Crippen LogP contribution in [0.3, 0.4) is 0 Å². The molecule has 0 N–H and O–H groups in total. The van der Waals surface area contributed by atoms with Crippen LogP contribution in [-0.2, 0) is 33.3 Å². The van der Waals surface area contributed by atoms with Gasteiger partial charge >= 0.3 is 17.9 Å². The van der Waals surface area contributed by atoms with Gasteiger partial charge in [0, 0.05) is 32.5 Å². The monoisotopic (exact) mass is 959 g/mol. The topological polar surface area (TPSA) is 88.1 Å². The molecule has 0 fully saturated rings. The van der Waals surface area contributed by atoms with E-state index in [4.69, 9.17) is 18.9 Å². The van der Waals surface area contributed by atoms with Gasteiger partial charge in [0.15, 0.2) is 6.10 Å². The first-order valence-electron chi connectivity index (χ1n) is 29.5. The average Bonchev–Trinajstić information content (AvgIpc) is 3.34. The number of carbonyl (C=O) groups excluding carboxylic acids is 3. The number of carbonyl (C=O) groups is 3. The zero-order valence-electron chi connectivity index (χ0n) is 45.9. The molecule has 0 rings (SSSR count). The number of rotatable bonds is 52. The van der Waals surface area contributed by atoms with Gasteiger partial charge < -0.3 is 18.9 Å². The summed E-state index contributed by atoms with van der Waals surface area (Å²) in [5.41, 5.74) is 0. The molecule has 7 heteroatoms. The van der Waals surface area contributed by atoms with E-state index in [1.54, 1.807) is 0 Å². The van der Waals surface area contributed by atoms with Crippen molar-refractivity contribution in [2.45, 2.75) is 310 Å². The van der Waals surface area contributed by atoms with Crippen molar-refractivity contribution in [1.82, 2.24) is 0 Å². The molecule has 68 heavy (non-hydrogen) atoms. The van der Waals surface area contributed by atoms with E-state index in [1.807, 2.05) is 13.8 Å². The van der Waals surface area contributed by atoms with E-state index < -0.39 is 6.10 Å². The molecule has 0 saturated heterocycles. The average molecular weight is 960 g/mol. The number of ether oxygens (including phenoxy) is 4. The summed E-state index contributed by atoms with van der Waals surface area (Å²) in [6.45, 7) is 12.3. The molecule has 0 saturated carbocycles. The van der Waals surface area contributed by atoms with E-state index in [1.165, 1.54) is 173 Å². The van der Waals surface area contributed by atoms with Crippen LogP contribution in [0.5, 0.6) is 0 Å². The van der Waals surface area contributed by atoms with Gasteiger partial charge in [-0.2, -0.15) is 0 Å². The molecule has 0 aromatic rings. The summed E-state index contributed by atoms with van der Waals surface area (Å²) in [7, 11) is 0. The van der Waals surface area contributed by atoms with Crippen molar-refractivity contribution in [3.05, 3.63) is 36.5 Å². The summed E-state index contributed by atoms with van der Waals surface area (Å²) in [6, 6.07) is 0. The predicted octanol–water partition coefficient (Wildman–Crippen LogP) is 19.1. The Labute approximate surface area is 423 Å². The molecule has 0 heterocycles. The minimum absolute atomic E-state index is 0.0806. The molecule has 0 unspecified atom stereocenters. The zero-order chi connectivity index (χ0) is 49.9. The summed E-state index contributed by atoms with van der Waals surface area (Å²) in [5.74, 6) is -0.893. The molecule has 0 aromatic carbocycles. The first-order valence-corrected chi connectivity index (χ1v) is 29.5. The third-order valence-electron chi connectivity index (χ3n) is 12.5.